The van der Waals surface area contributed by atoms with Gasteiger partial charge in [-0.1, -0.05) is 17.7 Å². The van der Waals surface area contributed by atoms with Crippen molar-refractivity contribution >= 4 is 11.6 Å². The van der Waals surface area contributed by atoms with E-state index < -0.39 is 11.2 Å². The van der Waals surface area contributed by atoms with Crippen LogP contribution in [0.5, 0.6) is 5.75 Å². The topological polar surface area (TPSA) is 59.7 Å². The molecule has 0 saturated heterocycles. The number of hydrogen-bond donors (Lipinski definition) is 1. The highest BCUT2D eigenvalue weighted by molar-refractivity contribution is 6.31. The molecule has 100 valence electrons. The Morgan fingerprint density at radius 1 is 1.37 bits per heavy atom. The Morgan fingerprint density at radius 3 is 2.79 bits per heavy atom. The van der Waals surface area contributed by atoms with Crippen LogP contribution in [-0.2, 0) is 13.2 Å². The summed E-state index contributed by atoms with van der Waals surface area (Å²) in [6.07, 6.45) is 1.12. The predicted molar refractivity (Wildman–Crippen MR) is 66.6 cm³/mol. The zero-order valence-electron chi connectivity index (χ0n) is 9.73. The van der Waals surface area contributed by atoms with Crippen molar-refractivity contribution in [3.05, 3.63) is 62.9 Å². The zero-order chi connectivity index (χ0) is 13.8. The van der Waals surface area contributed by atoms with Crippen LogP contribution < -0.4 is 10.2 Å². The van der Waals surface area contributed by atoms with Gasteiger partial charge in [-0.2, -0.15) is 0 Å². The minimum Gasteiger partial charge on any atom is -0.482 e. The van der Waals surface area contributed by atoms with E-state index in [0.717, 1.165) is 18.4 Å². The molecule has 0 radical (unpaired) electrons. The van der Waals surface area contributed by atoms with E-state index in [0.29, 0.717) is 5.56 Å². The molecule has 0 bridgehead atoms. The first kappa shape index (κ1) is 13.6. The van der Waals surface area contributed by atoms with Crippen molar-refractivity contribution in [2.45, 2.75) is 13.2 Å². The number of rotatable bonds is 4. The average molecular weight is 285 g/mol. The SMILES string of the molecule is O=c1cc(CO)occ1OCc1ccc(F)cc1Cl. The number of aliphatic hydroxyl groups is 1. The lowest BCUT2D eigenvalue weighted by Crippen LogP contribution is -2.08. The number of ether oxygens (including phenoxy) is 1. The quantitative estimate of drug-likeness (QED) is 0.937. The Kier molecular flexibility index (Phi) is 4.19. The first-order chi connectivity index (χ1) is 9.10. The summed E-state index contributed by atoms with van der Waals surface area (Å²) in [6.45, 7) is -0.346. The molecule has 0 atom stereocenters. The summed E-state index contributed by atoms with van der Waals surface area (Å²) in [6, 6.07) is 5.03. The highest BCUT2D eigenvalue weighted by Crippen LogP contribution is 2.19. The number of halogens is 2. The molecule has 1 heterocycles. The summed E-state index contributed by atoms with van der Waals surface area (Å²) in [4.78, 5) is 11.6. The molecule has 0 aliphatic rings. The minimum atomic E-state index is -0.444. The lowest BCUT2D eigenvalue weighted by atomic mass is 10.2. The van der Waals surface area contributed by atoms with Crippen LogP contribution in [0.3, 0.4) is 0 Å². The van der Waals surface area contributed by atoms with Crippen molar-refractivity contribution < 1.29 is 18.7 Å². The molecule has 6 heteroatoms. The minimum absolute atomic E-state index is 0.00223. The third-order valence-electron chi connectivity index (χ3n) is 2.41. The second kappa shape index (κ2) is 5.86. The van der Waals surface area contributed by atoms with Crippen molar-refractivity contribution in [1.29, 1.82) is 0 Å². The summed E-state index contributed by atoms with van der Waals surface area (Å²) >= 11 is 5.83. The van der Waals surface area contributed by atoms with Gasteiger partial charge < -0.3 is 14.3 Å². The van der Waals surface area contributed by atoms with Gasteiger partial charge in [-0.05, 0) is 12.1 Å². The molecule has 1 N–H and O–H groups in total. The molecular weight excluding hydrogens is 275 g/mol. The number of hydrogen-bond acceptors (Lipinski definition) is 4. The lowest BCUT2D eigenvalue weighted by molar-refractivity contribution is 0.236. The van der Waals surface area contributed by atoms with Crippen LogP contribution in [0.15, 0.2) is 39.7 Å². The third-order valence-corrected chi connectivity index (χ3v) is 2.76. The molecule has 0 saturated carbocycles. The van der Waals surface area contributed by atoms with Crippen molar-refractivity contribution in [2.24, 2.45) is 0 Å². The van der Waals surface area contributed by atoms with Gasteiger partial charge in [0.2, 0.25) is 11.2 Å². The van der Waals surface area contributed by atoms with Gasteiger partial charge in [-0.3, -0.25) is 4.79 Å². The van der Waals surface area contributed by atoms with Crippen LogP contribution >= 0.6 is 11.6 Å². The normalized spacial score (nSPS) is 10.5. The van der Waals surface area contributed by atoms with E-state index in [-0.39, 0.29) is 29.7 Å². The monoisotopic (exact) mass is 284 g/mol. The van der Waals surface area contributed by atoms with Gasteiger partial charge in [0.05, 0.1) is 5.02 Å². The van der Waals surface area contributed by atoms with E-state index in [9.17, 15) is 9.18 Å². The maximum Gasteiger partial charge on any atom is 0.227 e. The van der Waals surface area contributed by atoms with Gasteiger partial charge in [0.1, 0.15) is 31.1 Å². The Morgan fingerprint density at radius 2 is 2.16 bits per heavy atom. The van der Waals surface area contributed by atoms with Crippen LogP contribution in [0.25, 0.3) is 0 Å². The van der Waals surface area contributed by atoms with E-state index in [2.05, 4.69) is 0 Å². The number of benzene rings is 1. The highest BCUT2D eigenvalue weighted by atomic mass is 35.5. The molecule has 0 fully saturated rings. The van der Waals surface area contributed by atoms with Crippen LogP contribution in [0, 0.1) is 5.82 Å². The standard InChI is InChI=1S/C13H10ClFO4/c14-11-3-9(15)2-1-8(11)6-19-13-7-18-10(5-16)4-12(13)17/h1-4,7,16H,5-6H2. The average Bonchev–Trinajstić information content (AvgIpc) is 2.39. The molecular formula is C13H10ClFO4. The molecule has 0 amide bonds. The third kappa shape index (κ3) is 3.33. The predicted octanol–water partition coefficient (Wildman–Crippen LogP) is 2.50. The fraction of sp³-hybridized carbons (Fsp3) is 0.154. The summed E-state index contributed by atoms with van der Waals surface area (Å²) in [5.74, 6) is -0.296. The zero-order valence-corrected chi connectivity index (χ0v) is 10.5. The van der Waals surface area contributed by atoms with Gasteiger partial charge in [0, 0.05) is 11.6 Å². The van der Waals surface area contributed by atoms with Crippen molar-refractivity contribution in [3.8, 4) is 5.75 Å². The molecule has 4 nitrogen and oxygen atoms in total. The number of aliphatic hydroxyl groups excluding tert-OH is 1. The second-order valence-electron chi connectivity index (χ2n) is 3.76. The Labute approximate surface area is 113 Å². The second-order valence-corrected chi connectivity index (χ2v) is 4.16. The van der Waals surface area contributed by atoms with Crippen molar-refractivity contribution in [1.82, 2.24) is 0 Å². The van der Waals surface area contributed by atoms with E-state index in [4.69, 9.17) is 25.9 Å². The maximum absolute atomic E-state index is 12.8. The van der Waals surface area contributed by atoms with Crippen molar-refractivity contribution in [3.63, 3.8) is 0 Å². The molecule has 1 aromatic heterocycles. The van der Waals surface area contributed by atoms with Gasteiger partial charge >= 0.3 is 0 Å². The highest BCUT2D eigenvalue weighted by Gasteiger charge is 2.07. The Balaban J connectivity index is 2.12. The Bertz CT molecular complexity index is 639. The summed E-state index contributed by atoms with van der Waals surface area (Å²) in [5, 5.41) is 9.02. The molecule has 1 aromatic carbocycles. The molecule has 19 heavy (non-hydrogen) atoms. The van der Waals surface area contributed by atoms with E-state index in [1.54, 1.807) is 0 Å². The van der Waals surface area contributed by atoms with Gasteiger partial charge in [-0.25, -0.2) is 4.39 Å². The molecule has 2 rings (SSSR count). The maximum atomic E-state index is 12.8. The van der Waals surface area contributed by atoms with E-state index in [1.165, 1.54) is 12.1 Å². The Hall–Kier alpha value is -1.85. The lowest BCUT2D eigenvalue weighted by Gasteiger charge is -2.07. The summed E-state index contributed by atoms with van der Waals surface area (Å²) < 4.78 is 23.1. The van der Waals surface area contributed by atoms with Crippen LogP contribution in [0.4, 0.5) is 4.39 Å². The van der Waals surface area contributed by atoms with Gasteiger partial charge in [-0.15, -0.1) is 0 Å². The smallest absolute Gasteiger partial charge is 0.227 e. The van der Waals surface area contributed by atoms with Crippen LogP contribution in [-0.4, -0.2) is 5.11 Å². The largest absolute Gasteiger partial charge is 0.482 e. The van der Waals surface area contributed by atoms with Crippen LogP contribution in [0.2, 0.25) is 5.02 Å². The van der Waals surface area contributed by atoms with E-state index >= 15 is 0 Å². The van der Waals surface area contributed by atoms with Crippen LogP contribution in [0.1, 0.15) is 11.3 Å². The fourth-order valence-corrected chi connectivity index (χ4v) is 1.64. The van der Waals surface area contributed by atoms with Gasteiger partial charge in [0.15, 0.2) is 0 Å². The summed E-state index contributed by atoms with van der Waals surface area (Å²) in [7, 11) is 0. The molecule has 0 unspecified atom stereocenters. The first-order valence-electron chi connectivity index (χ1n) is 5.39. The fourth-order valence-electron chi connectivity index (χ4n) is 1.42. The van der Waals surface area contributed by atoms with Crippen molar-refractivity contribution in [2.75, 3.05) is 0 Å². The molecule has 0 aliphatic carbocycles. The van der Waals surface area contributed by atoms with Gasteiger partial charge in [0.25, 0.3) is 0 Å². The summed E-state index contributed by atoms with van der Waals surface area (Å²) in [5.41, 5.74) is 0.141. The first-order valence-corrected chi connectivity index (χ1v) is 5.77. The molecule has 2 aromatic rings. The van der Waals surface area contributed by atoms with E-state index in [1.807, 2.05) is 0 Å². The molecule has 0 aliphatic heterocycles. The molecule has 0 spiro atoms.